The minimum atomic E-state index is -0.475. The maximum Gasteiger partial charge on any atom is 0.258 e. The fourth-order valence-electron chi connectivity index (χ4n) is 1.40. The molecule has 98 valence electrons. The van der Waals surface area contributed by atoms with Gasteiger partial charge in [0.15, 0.2) is 0 Å². The molecular formula is C12H8BrClFN3O. The summed E-state index contributed by atoms with van der Waals surface area (Å²) < 4.78 is 13.4. The summed E-state index contributed by atoms with van der Waals surface area (Å²) in [5, 5.41) is 2.64. The van der Waals surface area contributed by atoms with Crippen LogP contribution in [0.4, 0.5) is 15.8 Å². The summed E-state index contributed by atoms with van der Waals surface area (Å²) >= 11 is 8.98. The van der Waals surface area contributed by atoms with E-state index in [0.29, 0.717) is 15.8 Å². The molecule has 0 saturated heterocycles. The van der Waals surface area contributed by atoms with Gasteiger partial charge in [0.25, 0.3) is 5.91 Å². The molecule has 1 amide bonds. The Kier molecular flexibility index (Phi) is 4.01. The number of hydrogen-bond acceptors (Lipinski definition) is 3. The second kappa shape index (κ2) is 5.54. The molecule has 2 aromatic rings. The minimum absolute atomic E-state index is 0.0462. The first-order valence-corrected chi connectivity index (χ1v) is 6.32. The average Bonchev–Trinajstić information content (AvgIpc) is 2.35. The third-order valence-corrected chi connectivity index (χ3v) is 3.24. The molecule has 1 aromatic carbocycles. The maximum absolute atomic E-state index is 12.9. The van der Waals surface area contributed by atoms with Crippen LogP contribution >= 0.6 is 27.5 Å². The molecule has 2 rings (SSSR count). The van der Waals surface area contributed by atoms with Crippen LogP contribution in [0.25, 0.3) is 0 Å². The molecule has 1 aromatic heterocycles. The number of aromatic nitrogens is 1. The lowest BCUT2D eigenvalue weighted by molar-refractivity contribution is 0.102. The third kappa shape index (κ3) is 3.21. The van der Waals surface area contributed by atoms with Crippen LogP contribution in [0, 0.1) is 5.82 Å². The zero-order valence-corrected chi connectivity index (χ0v) is 11.8. The Bertz CT molecular complexity index is 651. The summed E-state index contributed by atoms with van der Waals surface area (Å²) in [6, 6.07) is 5.33. The number of carbonyl (C=O) groups is 1. The quantitative estimate of drug-likeness (QED) is 0.820. The third-order valence-electron chi connectivity index (χ3n) is 2.28. The van der Waals surface area contributed by atoms with Gasteiger partial charge in [0.1, 0.15) is 11.0 Å². The number of amides is 1. The number of nitrogens with zero attached hydrogens (tertiary/aromatic N) is 1. The zero-order chi connectivity index (χ0) is 14.0. The lowest BCUT2D eigenvalue weighted by Gasteiger charge is -2.08. The molecule has 0 aliphatic rings. The van der Waals surface area contributed by atoms with Gasteiger partial charge in [-0.3, -0.25) is 4.79 Å². The molecule has 0 unspecified atom stereocenters. The molecule has 0 saturated carbocycles. The van der Waals surface area contributed by atoms with E-state index in [1.165, 1.54) is 30.5 Å². The maximum atomic E-state index is 12.9. The zero-order valence-electron chi connectivity index (χ0n) is 9.45. The van der Waals surface area contributed by atoms with Crippen molar-refractivity contribution in [1.29, 1.82) is 0 Å². The number of carbonyl (C=O) groups excluding carboxylic acids is 1. The Morgan fingerprint density at radius 3 is 2.84 bits per heavy atom. The Labute approximate surface area is 121 Å². The average molecular weight is 345 g/mol. The lowest BCUT2D eigenvalue weighted by atomic mass is 10.2. The van der Waals surface area contributed by atoms with E-state index in [-0.39, 0.29) is 10.7 Å². The summed E-state index contributed by atoms with van der Waals surface area (Å²) in [6.07, 6.45) is 1.35. The van der Waals surface area contributed by atoms with Gasteiger partial charge in [0.05, 0.1) is 23.1 Å². The second-order valence-corrected chi connectivity index (χ2v) is 4.90. The van der Waals surface area contributed by atoms with Crippen molar-refractivity contribution in [2.75, 3.05) is 11.1 Å². The Hall–Kier alpha value is -1.66. The van der Waals surface area contributed by atoms with Crippen LogP contribution < -0.4 is 11.1 Å². The van der Waals surface area contributed by atoms with Crippen molar-refractivity contribution >= 4 is 44.8 Å². The molecule has 0 atom stereocenters. The first-order valence-electron chi connectivity index (χ1n) is 5.15. The first-order chi connectivity index (χ1) is 8.97. The van der Waals surface area contributed by atoms with E-state index in [4.69, 9.17) is 17.3 Å². The van der Waals surface area contributed by atoms with Crippen LogP contribution in [0.3, 0.4) is 0 Å². The van der Waals surface area contributed by atoms with Gasteiger partial charge in [-0.1, -0.05) is 11.6 Å². The second-order valence-electron chi connectivity index (χ2n) is 3.69. The van der Waals surface area contributed by atoms with Gasteiger partial charge in [-0.2, -0.15) is 0 Å². The predicted molar refractivity (Wildman–Crippen MR) is 75.7 cm³/mol. The topological polar surface area (TPSA) is 68.0 Å². The first kappa shape index (κ1) is 13.8. The van der Waals surface area contributed by atoms with E-state index < -0.39 is 11.7 Å². The Morgan fingerprint density at radius 1 is 1.42 bits per heavy atom. The molecule has 0 aliphatic carbocycles. The van der Waals surface area contributed by atoms with Crippen molar-refractivity contribution in [3.8, 4) is 0 Å². The molecule has 4 nitrogen and oxygen atoms in total. The van der Waals surface area contributed by atoms with Gasteiger partial charge < -0.3 is 11.1 Å². The Balaban J connectivity index is 2.28. The van der Waals surface area contributed by atoms with Crippen molar-refractivity contribution < 1.29 is 9.18 Å². The fourth-order valence-corrected chi connectivity index (χ4v) is 2.04. The summed E-state index contributed by atoms with van der Waals surface area (Å²) in [5.74, 6) is -0.884. The number of rotatable bonds is 2. The SMILES string of the molecule is Nc1cnc(Cl)c(C(=O)Nc2ccc(F)cc2Br)c1. The molecule has 1 heterocycles. The molecule has 0 spiro atoms. The van der Waals surface area contributed by atoms with Crippen molar-refractivity contribution in [3.05, 3.63) is 51.5 Å². The number of halogens is 3. The highest BCUT2D eigenvalue weighted by Crippen LogP contribution is 2.24. The van der Waals surface area contributed by atoms with Gasteiger partial charge in [-0.05, 0) is 40.2 Å². The number of pyridine rings is 1. The molecule has 0 bridgehead atoms. The molecule has 19 heavy (non-hydrogen) atoms. The number of nitrogen functional groups attached to an aromatic ring is 1. The highest BCUT2D eigenvalue weighted by molar-refractivity contribution is 9.10. The van der Waals surface area contributed by atoms with Crippen LogP contribution in [-0.4, -0.2) is 10.9 Å². The minimum Gasteiger partial charge on any atom is -0.397 e. The van der Waals surface area contributed by atoms with Crippen LogP contribution in [0.15, 0.2) is 34.9 Å². The highest BCUT2D eigenvalue weighted by atomic mass is 79.9. The van der Waals surface area contributed by atoms with Gasteiger partial charge >= 0.3 is 0 Å². The number of hydrogen-bond donors (Lipinski definition) is 2. The van der Waals surface area contributed by atoms with E-state index >= 15 is 0 Å². The van der Waals surface area contributed by atoms with Crippen molar-refractivity contribution in [3.63, 3.8) is 0 Å². The van der Waals surface area contributed by atoms with Crippen LogP contribution in [0.1, 0.15) is 10.4 Å². The van der Waals surface area contributed by atoms with E-state index in [2.05, 4.69) is 26.2 Å². The van der Waals surface area contributed by atoms with Gasteiger partial charge in [0, 0.05) is 4.47 Å². The van der Waals surface area contributed by atoms with Crippen molar-refractivity contribution in [2.45, 2.75) is 0 Å². The van der Waals surface area contributed by atoms with Crippen molar-refractivity contribution in [2.24, 2.45) is 0 Å². The molecule has 3 N–H and O–H groups in total. The van der Waals surface area contributed by atoms with Crippen LogP contribution in [0.2, 0.25) is 5.15 Å². The van der Waals surface area contributed by atoms with E-state index in [1.807, 2.05) is 0 Å². The van der Waals surface area contributed by atoms with E-state index in [0.717, 1.165) is 0 Å². The Morgan fingerprint density at radius 2 is 2.16 bits per heavy atom. The summed E-state index contributed by atoms with van der Waals surface area (Å²) in [5.41, 5.74) is 6.45. The van der Waals surface area contributed by atoms with Gasteiger partial charge in [0.2, 0.25) is 0 Å². The molecule has 7 heteroatoms. The molecule has 0 radical (unpaired) electrons. The molecule has 0 aliphatic heterocycles. The van der Waals surface area contributed by atoms with Gasteiger partial charge in [-0.15, -0.1) is 0 Å². The number of benzene rings is 1. The summed E-state index contributed by atoms with van der Waals surface area (Å²) in [4.78, 5) is 15.8. The van der Waals surface area contributed by atoms with E-state index in [9.17, 15) is 9.18 Å². The normalized spacial score (nSPS) is 10.3. The van der Waals surface area contributed by atoms with Crippen molar-refractivity contribution in [1.82, 2.24) is 4.98 Å². The number of nitrogens with two attached hydrogens (primary N) is 1. The van der Waals surface area contributed by atoms with Gasteiger partial charge in [-0.25, -0.2) is 9.37 Å². The summed E-state index contributed by atoms with van der Waals surface area (Å²) in [6.45, 7) is 0. The fraction of sp³-hybridized carbons (Fsp3) is 0. The standard InChI is InChI=1S/C12H8BrClFN3O/c13-9-3-6(15)1-2-10(9)18-12(19)8-4-7(16)5-17-11(8)14/h1-5H,16H2,(H,18,19). The molecular weight excluding hydrogens is 337 g/mol. The number of nitrogens with one attached hydrogen (secondary N) is 1. The molecule has 0 fully saturated rings. The largest absolute Gasteiger partial charge is 0.397 e. The van der Waals surface area contributed by atoms with E-state index in [1.54, 1.807) is 0 Å². The predicted octanol–water partition coefficient (Wildman–Crippen LogP) is 3.47. The monoisotopic (exact) mass is 343 g/mol. The smallest absolute Gasteiger partial charge is 0.258 e. The van der Waals surface area contributed by atoms with Crippen LogP contribution in [0.5, 0.6) is 0 Å². The lowest BCUT2D eigenvalue weighted by Crippen LogP contribution is -2.14. The van der Waals surface area contributed by atoms with Crippen LogP contribution in [-0.2, 0) is 0 Å². The summed E-state index contributed by atoms with van der Waals surface area (Å²) in [7, 11) is 0. The number of anilines is 2. The highest BCUT2D eigenvalue weighted by Gasteiger charge is 2.13.